The molecule has 4 aliphatic carbocycles. The number of hydrogen-bond acceptors (Lipinski definition) is 0. The Kier molecular flexibility index (Phi) is 7.07. The van der Waals surface area contributed by atoms with Gasteiger partial charge >= 0.3 is 0 Å². The standard InChI is InChI=1S/C28H54Si2/c1-8-13-20(2)26-19-28(25-17-12-10-15-23(25)26)30(6,7)29(4,5)27-18-21(3)22-14-9-11-16-24(22)27/h20-28H,8-19H2,1-7H3. The second kappa shape index (κ2) is 9.00. The summed E-state index contributed by atoms with van der Waals surface area (Å²) >= 11 is 0. The van der Waals surface area contributed by atoms with Gasteiger partial charge in [0.2, 0.25) is 0 Å². The van der Waals surface area contributed by atoms with E-state index in [1.165, 1.54) is 25.7 Å². The van der Waals surface area contributed by atoms with E-state index in [0.717, 1.165) is 52.5 Å². The van der Waals surface area contributed by atoms with Crippen LogP contribution in [0.1, 0.15) is 97.8 Å². The largest absolute Gasteiger partial charge is 0.0711 e. The van der Waals surface area contributed by atoms with Crippen LogP contribution in [0, 0.1) is 41.4 Å². The lowest BCUT2D eigenvalue weighted by molar-refractivity contribution is 0.180. The Balaban J connectivity index is 1.59. The van der Waals surface area contributed by atoms with Gasteiger partial charge in [0, 0.05) is 15.2 Å². The fourth-order valence-corrected chi connectivity index (χ4v) is 24.4. The molecule has 0 aliphatic heterocycles. The van der Waals surface area contributed by atoms with Gasteiger partial charge in [-0.05, 0) is 78.2 Å². The minimum absolute atomic E-state index is 0.981. The van der Waals surface area contributed by atoms with Gasteiger partial charge in [0.05, 0.1) is 0 Å². The Hall–Kier alpha value is 0.434. The zero-order valence-electron chi connectivity index (χ0n) is 21.7. The molecule has 4 aliphatic rings. The molecule has 174 valence electrons. The molecule has 0 aromatic rings. The highest BCUT2D eigenvalue weighted by atomic mass is 29.3. The van der Waals surface area contributed by atoms with Gasteiger partial charge in [-0.15, -0.1) is 0 Å². The van der Waals surface area contributed by atoms with Gasteiger partial charge in [-0.3, -0.25) is 0 Å². The van der Waals surface area contributed by atoms with Crippen LogP contribution < -0.4 is 0 Å². The molecule has 0 aromatic heterocycles. The molecule has 4 fully saturated rings. The molecule has 0 saturated heterocycles. The van der Waals surface area contributed by atoms with E-state index in [0.29, 0.717) is 0 Å². The molecular formula is C28H54Si2. The van der Waals surface area contributed by atoms with Crippen LogP contribution in [0.3, 0.4) is 0 Å². The molecule has 0 spiro atoms. The molecule has 0 amide bonds. The lowest BCUT2D eigenvalue weighted by Gasteiger charge is -2.51. The second-order valence-electron chi connectivity index (χ2n) is 13.8. The van der Waals surface area contributed by atoms with E-state index >= 15 is 0 Å². The predicted octanol–water partition coefficient (Wildman–Crippen LogP) is 9.33. The Morgan fingerprint density at radius 1 is 0.700 bits per heavy atom. The summed E-state index contributed by atoms with van der Waals surface area (Å²) in [7, 11) is -2.48. The average Bonchev–Trinajstić information content (AvgIpc) is 3.28. The summed E-state index contributed by atoms with van der Waals surface area (Å²) in [6.07, 6.45) is 18.6. The highest BCUT2D eigenvalue weighted by Crippen LogP contribution is 2.63. The van der Waals surface area contributed by atoms with E-state index in [9.17, 15) is 0 Å². The minimum atomic E-state index is -1.25. The van der Waals surface area contributed by atoms with Crippen molar-refractivity contribution in [1.82, 2.24) is 0 Å². The lowest BCUT2D eigenvalue weighted by atomic mass is 9.73. The van der Waals surface area contributed by atoms with Crippen molar-refractivity contribution in [3.63, 3.8) is 0 Å². The van der Waals surface area contributed by atoms with Crippen LogP contribution in [-0.2, 0) is 0 Å². The molecule has 0 aromatic carbocycles. The minimum Gasteiger partial charge on any atom is -0.0711 e. The Bertz CT molecular complexity index is 581. The van der Waals surface area contributed by atoms with Crippen LogP contribution in [0.2, 0.25) is 37.3 Å². The molecule has 2 heteroatoms. The Morgan fingerprint density at radius 3 is 1.73 bits per heavy atom. The second-order valence-corrected chi connectivity index (χ2v) is 29.9. The third-order valence-corrected chi connectivity index (χ3v) is 32.8. The summed E-state index contributed by atoms with van der Waals surface area (Å²) in [5.41, 5.74) is 2.32. The number of rotatable bonds is 6. The van der Waals surface area contributed by atoms with E-state index in [1.807, 2.05) is 0 Å². The predicted molar refractivity (Wildman–Crippen MR) is 139 cm³/mol. The van der Waals surface area contributed by atoms with Crippen LogP contribution in [0.5, 0.6) is 0 Å². The summed E-state index contributed by atoms with van der Waals surface area (Å²) in [5, 5.41) is 0. The highest BCUT2D eigenvalue weighted by molar-refractivity contribution is 7.41. The summed E-state index contributed by atoms with van der Waals surface area (Å²) < 4.78 is 0. The highest BCUT2D eigenvalue weighted by Gasteiger charge is 2.60. The van der Waals surface area contributed by atoms with Crippen molar-refractivity contribution in [2.75, 3.05) is 0 Å². The van der Waals surface area contributed by atoms with Gasteiger partial charge in [-0.2, -0.15) is 0 Å². The Labute approximate surface area is 191 Å². The van der Waals surface area contributed by atoms with E-state index in [1.54, 1.807) is 51.4 Å². The fraction of sp³-hybridized carbons (Fsp3) is 1.00. The fourth-order valence-electron chi connectivity index (χ4n) is 9.95. The molecule has 0 heterocycles. The van der Waals surface area contributed by atoms with Gasteiger partial charge < -0.3 is 0 Å². The van der Waals surface area contributed by atoms with E-state index < -0.39 is 15.2 Å². The van der Waals surface area contributed by atoms with Crippen molar-refractivity contribution in [2.45, 2.75) is 135 Å². The van der Waals surface area contributed by atoms with Crippen LogP contribution in [0.15, 0.2) is 0 Å². The molecule has 9 atom stereocenters. The van der Waals surface area contributed by atoms with Crippen LogP contribution in [0.4, 0.5) is 0 Å². The van der Waals surface area contributed by atoms with Crippen LogP contribution in [0.25, 0.3) is 0 Å². The summed E-state index contributed by atoms with van der Waals surface area (Å²) in [6.45, 7) is 19.4. The summed E-state index contributed by atoms with van der Waals surface area (Å²) in [5.74, 6) is 7.53. The van der Waals surface area contributed by atoms with Crippen LogP contribution in [-0.4, -0.2) is 15.2 Å². The molecule has 0 bridgehead atoms. The molecule has 9 unspecified atom stereocenters. The maximum absolute atomic E-state index is 2.93. The maximum atomic E-state index is 2.93. The summed E-state index contributed by atoms with van der Waals surface area (Å²) in [6, 6.07) is 0. The first-order chi connectivity index (χ1) is 14.2. The first kappa shape index (κ1) is 23.6. The molecular weight excluding hydrogens is 392 g/mol. The lowest BCUT2D eigenvalue weighted by Crippen LogP contribution is -2.62. The average molecular weight is 447 g/mol. The first-order valence-corrected chi connectivity index (χ1v) is 21.4. The summed E-state index contributed by atoms with van der Waals surface area (Å²) in [4.78, 5) is 0. The van der Waals surface area contributed by atoms with E-state index in [4.69, 9.17) is 0 Å². The zero-order valence-corrected chi connectivity index (χ0v) is 23.7. The third kappa shape index (κ3) is 3.86. The normalized spacial score (nSPS) is 43.3. The Morgan fingerprint density at radius 2 is 1.17 bits per heavy atom. The van der Waals surface area contributed by atoms with Crippen molar-refractivity contribution in [3.05, 3.63) is 0 Å². The monoisotopic (exact) mass is 446 g/mol. The topological polar surface area (TPSA) is 0 Å². The molecule has 4 rings (SSSR count). The first-order valence-electron chi connectivity index (χ1n) is 14.2. The molecule has 0 nitrogen and oxygen atoms in total. The number of hydrogen-bond donors (Lipinski definition) is 0. The SMILES string of the molecule is CCCC(C)C1CC([Si](C)(C)[Si](C)(C)C2CC(C)C3CCCCC32)C2CCCCC12. The van der Waals surface area contributed by atoms with Crippen molar-refractivity contribution in [2.24, 2.45) is 41.4 Å². The van der Waals surface area contributed by atoms with Gasteiger partial charge in [-0.1, -0.05) is 98.3 Å². The van der Waals surface area contributed by atoms with Crippen molar-refractivity contribution in [3.8, 4) is 0 Å². The molecule has 4 saturated carbocycles. The molecule has 0 radical (unpaired) electrons. The van der Waals surface area contributed by atoms with Crippen molar-refractivity contribution < 1.29 is 0 Å². The van der Waals surface area contributed by atoms with Crippen molar-refractivity contribution in [1.29, 1.82) is 0 Å². The van der Waals surface area contributed by atoms with Gasteiger partial charge in [-0.25, -0.2) is 0 Å². The quantitative estimate of drug-likeness (QED) is 0.356. The van der Waals surface area contributed by atoms with Gasteiger partial charge in [0.1, 0.15) is 0 Å². The number of fused-ring (bicyclic) bond motifs is 2. The van der Waals surface area contributed by atoms with Crippen LogP contribution >= 0.6 is 0 Å². The van der Waals surface area contributed by atoms with E-state index in [2.05, 4.69) is 47.0 Å². The maximum Gasteiger partial charge on any atom is 0.0449 e. The molecule has 0 N–H and O–H groups in total. The third-order valence-electron chi connectivity index (χ3n) is 12.2. The zero-order chi connectivity index (χ0) is 21.7. The van der Waals surface area contributed by atoms with Gasteiger partial charge in [0.15, 0.2) is 0 Å². The van der Waals surface area contributed by atoms with Crippen molar-refractivity contribution >= 4 is 15.2 Å². The van der Waals surface area contributed by atoms with E-state index in [-0.39, 0.29) is 0 Å². The van der Waals surface area contributed by atoms with Gasteiger partial charge in [0.25, 0.3) is 0 Å². The molecule has 30 heavy (non-hydrogen) atoms. The smallest absolute Gasteiger partial charge is 0.0449 e.